The highest BCUT2D eigenvalue weighted by molar-refractivity contribution is 5.92. The molecule has 1 unspecified atom stereocenters. The minimum atomic E-state index is -1.25. The largest absolute Gasteiger partial charge is 0.481 e. The molecule has 0 aliphatic rings. The predicted molar refractivity (Wildman–Crippen MR) is 181 cm³/mol. The molecule has 0 aromatic heterocycles. The van der Waals surface area contributed by atoms with Crippen LogP contribution in [0.25, 0.3) is 0 Å². The van der Waals surface area contributed by atoms with Crippen molar-refractivity contribution >= 4 is 11.9 Å². The van der Waals surface area contributed by atoms with Crippen LogP contribution in [-0.2, 0) is 9.59 Å². The summed E-state index contributed by atoms with van der Waals surface area (Å²) in [4.78, 5) is 22.1. The van der Waals surface area contributed by atoms with Crippen molar-refractivity contribution in [3.8, 4) is 0 Å². The molecule has 0 aliphatic heterocycles. The Hall–Kier alpha value is -1.32. The van der Waals surface area contributed by atoms with E-state index in [0.717, 1.165) is 25.2 Å². The van der Waals surface area contributed by atoms with E-state index in [-0.39, 0.29) is 6.42 Å². The number of hydrogen-bond acceptors (Lipinski definition) is 2. The summed E-state index contributed by atoms with van der Waals surface area (Å²) >= 11 is 0. The van der Waals surface area contributed by atoms with Crippen LogP contribution in [0, 0.1) is 11.8 Å². The van der Waals surface area contributed by atoms with Gasteiger partial charge in [-0.05, 0) is 50.9 Å². The minimum absolute atomic E-state index is 0.244. The number of unbranched alkanes of at least 4 members (excludes halogenated alkanes) is 21. The van der Waals surface area contributed by atoms with E-state index >= 15 is 0 Å². The fraction of sp³-hybridized carbons (Fsp3) is 0.895. The molecule has 1 atom stereocenters. The summed E-state index contributed by atoms with van der Waals surface area (Å²) < 4.78 is 0. The van der Waals surface area contributed by atoms with Crippen LogP contribution in [0.5, 0.6) is 0 Å². The summed E-state index contributed by atoms with van der Waals surface area (Å²) in [6.45, 7) is 6.90. The number of aliphatic carboxylic acids is 2. The van der Waals surface area contributed by atoms with Crippen LogP contribution >= 0.6 is 0 Å². The molecule has 0 fully saturated rings. The van der Waals surface area contributed by atoms with Gasteiger partial charge >= 0.3 is 11.9 Å². The van der Waals surface area contributed by atoms with Crippen LogP contribution in [0.4, 0.5) is 0 Å². The molecule has 0 spiro atoms. The van der Waals surface area contributed by atoms with Crippen LogP contribution in [0.2, 0.25) is 0 Å². The lowest BCUT2D eigenvalue weighted by Crippen LogP contribution is -2.23. The highest BCUT2D eigenvalue weighted by Crippen LogP contribution is 2.30. The Balaban J connectivity index is 4.82. The lowest BCUT2D eigenvalue weighted by atomic mass is 9.84. The van der Waals surface area contributed by atoms with Crippen LogP contribution in [0.3, 0.4) is 0 Å². The molecule has 0 heterocycles. The molecule has 0 amide bonds. The van der Waals surface area contributed by atoms with E-state index in [9.17, 15) is 9.59 Å². The molecule has 248 valence electrons. The summed E-state index contributed by atoms with van der Waals surface area (Å²) in [5.41, 5.74) is 1.78. The van der Waals surface area contributed by atoms with Crippen molar-refractivity contribution in [2.24, 2.45) is 11.8 Å². The SMILES string of the molecule is CCCCCCCCCC(CCCCCCCC)C(=CCCCCCCCCC(C(=O)O)C(=O)O)CCCCCCC. The van der Waals surface area contributed by atoms with E-state index in [2.05, 4.69) is 26.8 Å². The van der Waals surface area contributed by atoms with Gasteiger partial charge in [-0.15, -0.1) is 0 Å². The number of allylic oxidation sites excluding steroid dienone is 2. The second-order valence-electron chi connectivity index (χ2n) is 13.0. The fourth-order valence-corrected chi connectivity index (χ4v) is 6.28. The van der Waals surface area contributed by atoms with Crippen molar-refractivity contribution in [1.82, 2.24) is 0 Å². The van der Waals surface area contributed by atoms with Crippen molar-refractivity contribution in [3.63, 3.8) is 0 Å². The van der Waals surface area contributed by atoms with Gasteiger partial charge < -0.3 is 10.2 Å². The summed E-state index contributed by atoms with van der Waals surface area (Å²) in [5.74, 6) is -2.88. The van der Waals surface area contributed by atoms with Gasteiger partial charge in [0.1, 0.15) is 0 Å². The van der Waals surface area contributed by atoms with Crippen molar-refractivity contribution < 1.29 is 19.8 Å². The lowest BCUT2D eigenvalue weighted by Gasteiger charge is -2.22. The molecule has 0 bridgehead atoms. The van der Waals surface area contributed by atoms with Gasteiger partial charge in [-0.2, -0.15) is 0 Å². The number of hydrogen-bond donors (Lipinski definition) is 2. The van der Waals surface area contributed by atoms with Gasteiger partial charge in [0.05, 0.1) is 0 Å². The van der Waals surface area contributed by atoms with Gasteiger partial charge in [0.25, 0.3) is 0 Å². The van der Waals surface area contributed by atoms with Crippen molar-refractivity contribution in [1.29, 1.82) is 0 Å². The molecular formula is C38H72O4. The molecule has 0 aromatic rings. The standard InChI is InChI=1S/C38H72O4/c1-4-7-10-13-16-21-26-31-35(30-25-20-14-11-8-5-2)34(29-24-19-12-9-6-3)32-27-22-17-15-18-23-28-33-36(37(39)40)38(41)42/h32,35-36H,4-31,33H2,1-3H3,(H,39,40)(H,41,42). The molecule has 0 saturated carbocycles. The van der Waals surface area contributed by atoms with E-state index in [1.807, 2.05) is 0 Å². The van der Waals surface area contributed by atoms with E-state index in [1.54, 1.807) is 5.57 Å². The molecule has 42 heavy (non-hydrogen) atoms. The van der Waals surface area contributed by atoms with E-state index in [0.29, 0.717) is 6.42 Å². The van der Waals surface area contributed by atoms with Gasteiger partial charge in [0.15, 0.2) is 5.92 Å². The van der Waals surface area contributed by atoms with Crippen LogP contribution in [0.1, 0.15) is 207 Å². The van der Waals surface area contributed by atoms with Gasteiger partial charge in [-0.1, -0.05) is 174 Å². The first-order chi connectivity index (χ1) is 20.5. The molecule has 4 heteroatoms. The Morgan fingerprint density at radius 3 is 1.26 bits per heavy atom. The predicted octanol–water partition coefficient (Wildman–Crippen LogP) is 12.7. The maximum absolute atomic E-state index is 11.0. The number of carboxylic acids is 2. The lowest BCUT2D eigenvalue weighted by molar-refractivity contribution is -0.154. The first-order valence-corrected chi connectivity index (χ1v) is 18.6. The van der Waals surface area contributed by atoms with E-state index in [4.69, 9.17) is 10.2 Å². The molecule has 0 rings (SSSR count). The zero-order chi connectivity index (χ0) is 31.1. The Morgan fingerprint density at radius 1 is 0.476 bits per heavy atom. The van der Waals surface area contributed by atoms with E-state index in [1.165, 1.54) is 154 Å². The average Bonchev–Trinajstić information content (AvgIpc) is 2.96. The minimum Gasteiger partial charge on any atom is -0.481 e. The van der Waals surface area contributed by atoms with Crippen molar-refractivity contribution in [2.75, 3.05) is 0 Å². The molecule has 0 aromatic carbocycles. The molecule has 2 N–H and O–H groups in total. The maximum atomic E-state index is 11.0. The summed E-state index contributed by atoms with van der Waals surface area (Å²) in [7, 11) is 0. The molecular weight excluding hydrogens is 520 g/mol. The molecule has 0 saturated heterocycles. The van der Waals surface area contributed by atoms with Crippen molar-refractivity contribution in [3.05, 3.63) is 11.6 Å². The highest BCUT2D eigenvalue weighted by atomic mass is 16.4. The smallest absolute Gasteiger partial charge is 0.317 e. The van der Waals surface area contributed by atoms with Crippen LogP contribution in [0.15, 0.2) is 11.6 Å². The van der Waals surface area contributed by atoms with Crippen molar-refractivity contribution in [2.45, 2.75) is 207 Å². The topological polar surface area (TPSA) is 74.6 Å². The first kappa shape index (κ1) is 40.7. The Morgan fingerprint density at radius 2 is 0.833 bits per heavy atom. The summed E-state index contributed by atoms with van der Waals surface area (Å²) in [5, 5.41) is 18.0. The Labute approximate surface area is 261 Å². The monoisotopic (exact) mass is 593 g/mol. The average molecular weight is 593 g/mol. The normalized spacial score (nSPS) is 12.7. The van der Waals surface area contributed by atoms with Crippen LogP contribution in [-0.4, -0.2) is 22.2 Å². The number of rotatable bonds is 33. The fourth-order valence-electron chi connectivity index (χ4n) is 6.28. The first-order valence-electron chi connectivity index (χ1n) is 18.6. The van der Waals surface area contributed by atoms with Crippen LogP contribution < -0.4 is 0 Å². The van der Waals surface area contributed by atoms with Gasteiger partial charge in [0, 0.05) is 0 Å². The molecule has 0 aliphatic carbocycles. The zero-order valence-corrected chi connectivity index (χ0v) is 28.4. The molecule has 0 radical (unpaired) electrons. The van der Waals surface area contributed by atoms with Gasteiger partial charge in [-0.25, -0.2) is 0 Å². The number of carboxylic acid groups (broad SMARTS) is 2. The second-order valence-corrected chi connectivity index (χ2v) is 13.0. The van der Waals surface area contributed by atoms with Gasteiger partial charge in [-0.3, -0.25) is 9.59 Å². The third kappa shape index (κ3) is 25.2. The third-order valence-electron chi connectivity index (χ3n) is 9.11. The maximum Gasteiger partial charge on any atom is 0.317 e. The van der Waals surface area contributed by atoms with E-state index < -0.39 is 17.9 Å². The quantitative estimate of drug-likeness (QED) is 0.0451. The Bertz CT molecular complexity index is 627. The third-order valence-corrected chi connectivity index (χ3v) is 9.11. The second kappa shape index (κ2) is 31.1. The number of carbonyl (C=O) groups is 2. The Kier molecular flexibility index (Phi) is 30.1. The molecule has 4 nitrogen and oxygen atoms in total. The zero-order valence-electron chi connectivity index (χ0n) is 28.4. The highest BCUT2D eigenvalue weighted by Gasteiger charge is 2.24. The summed E-state index contributed by atoms with van der Waals surface area (Å²) in [6, 6.07) is 0. The van der Waals surface area contributed by atoms with Gasteiger partial charge in [0.2, 0.25) is 0 Å². The summed E-state index contributed by atoms with van der Waals surface area (Å²) in [6.07, 6.45) is 39.2.